The average Bonchev–Trinajstić information content (AvgIpc) is 3.03. The Balaban J connectivity index is 2.33. The fourth-order valence-corrected chi connectivity index (χ4v) is 4.60. The van der Waals surface area contributed by atoms with Gasteiger partial charge in [0, 0.05) is 19.2 Å². The van der Waals surface area contributed by atoms with Crippen LogP contribution in [0.5, 0.6) is 5.75 Å². The lowest BCUT2D eigenvalue weighted by Crippen LogP contribution is -2.46. The fraction of sp³-hybridized carbons (Fsp3) is 0.533. The number of aliphatic hydroxyl groups excluding tert-OH is 1. The molecule has 1 aromatic carbocycles. The van der Waals surface area contributed by atoms with Gasteiger partial charge in [-0.15, -0.1) is 0 Å². The van der Waals surface area contributed by atoms with Crippen molar-refractivity contribution in [3.05, 3.63) is 23.8 Å². The molecule has 1 saturated heterocycles. The highest BCUT2D eigenvalue weighted by atomic mass is 32.2. The number of ether oxygens (including phenoxy) is 1. The van der Waals surface area contributed by atoms with Crippen LogP contribution in [-0.2, 0) is 14.8 Å². The summed E-state index contributed by atoms with van der Waals surface area (Å²) in [5, 5.41) is 11.3. The third kappa shape index (κ3) is 3.65. The van der Waals surface area contributed by atoms with E-state index in [9.17, 15) is 13.2 Å². The summed E-state index contributed by atoms with van der Waals surface area (Å²) in [5.41, 5.74) is 0.604. The monoisotopic (exact) mass is 342 g/mol. The molecular formula is C15H22N2O5S. The van der Waals surface area contributed by atoms with E-state index in [1.165, 1.54) is 17.5 Å². The van der Waals surface area contributed by atoms with E-state index in [0.29, 0.717) is 30.7 Å². The van der Waals surface area contributed by atoms with Gasteiger partial charge in [0.05, 0.1) is 18.6 Å². The highest BCUT2D eigenvalue weighted by Crippen LogP contribution is 2.30. The lowest BCUT2D eigenvalue weighted by Gasteiger charge is -2.24. The van der Waals surface area contributed by atoms with Crippen molar-refractivity contribution in [2.24, 2.45) is 0 Å². The van der Waals surface area contributed by atoms with Crippen molar-refractivity contribution in [3.63, 3.8) is 0 Å². The van der Waals surface area contributed by atoms with Gasteiger partial charge in [-0.25, -0.2) is 8.42 Å². The number of methoxy groups -OCH3 is 1. The van der Waals surface area contributed by atoms with E-state index in [4.69, 9.17) is 9.84 Å². The Morgan fingerprint density at radius 3 is 2.87 bits per heavy atom. The van der Waals surface area contributed by atoms with Gasteiger partial charge in [-0.2, -0.15) is 4.31 Å². The molecule has 1 heterocycles. The number of aryl methyl sites for hydroxylation is 1. The molecule has 1 amide bonds. The summed E-state index contributed by atoms with van der Waals surface area (Å²) < 4.78 is 32.2. The SMILES string of the molecule is COc1ccc(C)c(S(=O)(=O)N2CCC[C@@H]2C(=O)NCCO)c1. The van der Waals surface area contributed by atoms with Gasteiger partial charge >= 0.3 is 0 Å². The fourth-order valence-electron chi connectivity index (χ4n) is 2.70. The largest absolute Gasteiger partial charge is 0.497 e. The van der Waals surface area contributed by atoms with Crippen molar-refractivity contribution >= 4 is 15.9 Å². The number of aliphatic hydroxyl groups is 1. The molecule has 8 heteroatoms. The molecule has 0 aromatic heterocycles. The predicted octanol–water partition coefficient (Wildman–Crippen LogP) is 0.265. The maximum Gasteiger partial charge on any atom is 0.244 e. The minimum atomic E-state index is -3.79. The number of hydrogen-bond acceptors (Lipinski definition) is 5. The summed E-state index contributed by atoms with van der Waals surface area (Å²) in [6.07, 6.45) is 1.10. The molecule has 128 valence electrons. The molecule has 0 radical (unpaired) electrons. The summed E-state index contributed by atoms with van der Waals surface area (Å²) in [6, 6.07) is 4.12. The molecule has 2 rings (SSSR count). The molecule has 0 unspecified atom stereocenters. The van der Waals surface area contributed by atoms with Crippen LogP contribution < -0.4 is 10.1 Å². The summed E-state index contributed by atoms with van der Waals surface area (Å²) in [4.78, 5) is 12.3. The Bertz CT molecular complexity index is 674. The van der Waals surface area contributed by atoms with E-state index < -0.39 is 16.1 Å². The van der Waals surface area contributed by atoms with Crippen molar-refractivity contribution in [3.8, 4) is 5.75 Å². The van der Waals surface area contributed by atoms with Gasteiger partial charge < -0.3 is 15.2 Å². The van der Waals surface area contributed by atoms with Crippen molar-refractivity contribution < 1.29 is 23.1 Å². The number of benzene rings is 1. The second-order valence-corrected chi connectivity index (χ2v) is 7.28. The normalized spacial score (nSPS) is 18.8. The zero-order chi connectivity index (χ0) is 17.0. The Kier molecular flexibility index (Phi) is 5.61. The average molecular weight is 342 g/mol. The third-order valence-electron chi connectivity index (χ3n) is 3.90. The number of sulfonamides is 1. The van der Waals surface area contributed by atoms with Crippen LogP contribution in [0.3, 0.4) is 0 Å². The molecule has 1 aliphatic rings. The quantitative estimate of drug-likeness (QED) is 0.773. The number of carbonyl (C=O) groups is 1. The van der Waals surface area contributed by atoms with E-state index in [-0.39, 0.29) is 24.0 Å². The number of carbonyl (C=O) groups excluding carboxylic acids is 1. The number of nitrogens with one attached hydrogen (secondary N) is 1. The summed E-state index contributed by atoms with van der Waals surface area (Å²) >= 11 is 0. The molecular weight excluding hydrogens is 320 g/mol. The van der Waals surface area contributed by atoms with Crippen LogP contribution in [0.2, 0.25) is 0 Å². The van der Waals surface area contributed by atoms with Crippen molar-refractivity contribution in [1.29, 1.82) is 0 Å². The first-order chi connectivity index (χ1) is 10.9. The Hall–Kier alpha value is -1.64. The molecule has 7 nitrogen and oxygen atoms in total. The second-order valence-electron chi connectivity index (χ2n) is 5.42. The van der Waals surface area contributed by atoms with Crippen LogP contribution in [0.1, 0.15) is 18.4 Å². The number of amides is 1. The second kappa shape index (κ2) is 7.29. The molecule has 23 heavy (non-hydrogen) atoms. The molecule has 1 aliphatic heterocycles. The van der Waals surface area contributed by atoms with E-state index in [1.807, 2.05) is 0 Å². The van der Waals surface area contributed by atoms with Crippen molar-refractivity contribution in [2.75, 3.05) is 26.8 Å². The zero-order valence-electron chi connectivity index (χ0n) is 13.3. The minimum Gasteiger partial charge on any atom is -0.497 e. The maximum absolute atomic E-state index is 13.0. The van der Waals surface area contributed by atoms with Gasteiger partial charge in [0.25, 0.3) is 0 Å². The Morgan fingerprint density at radius 1 is 1.48 bits per heavy atom. The van der Waals surface area contributed by atoms with Gasteiger partial charge in [0.15, 0.2) is 0 Å². The van der Waals surface area contributed by atoms with Crippen LogP contribution in [-0.4, -0.2) is 56.6 Å². The van der Waals surface area contributed by atoms with Crippen LogP contribution in [0, 0.1) is 6.92 Å². The molecule has 0 bridgehead atoms. The molecule has 2 N–H and O–H groups in total. The first-order valence-electron chi connectivity index (χ1n) is 7.47. The first-order valence-corrected chi connectivity index (χ1v) is 8.91. The molecule has 0 spiro atoms. The van der Waals surface area contributed by atoms with E-state index >= 15 is 0 Å². The Labute approximate surface area is 136 Å². The highest BCUT2D eigenvalue weighted by Gasteiger charge is 2.39. The van der Waals surface area contributed by atoms with Gasteiger partial charge in [-0.05, 0) is 31.4 Å². The van der Waals surface area contributed by atoms with Gasteiger partial charge in [0.1, 0.15) is 11.8 Å². The molecule has 1 aromatic rings. The lowest BCUT2D eigenvalue weighted by atomic mass is 10.2. The van der Waals surface area contributed by atoms with Crippen LogP contribution >= 0.6 is 0 Å². The topological polar surface area (TPSA) is 95.9 Å². The van der Waals surface area contributed by atoms with Crippen LogP contribution in [0.4, 0.5) is 0 Å². The van der Waals surface area contributed by atoms with Gasteiger partial charge in [-0.1, -0.05) is 6.07 Å². The number of hydrogen-bond donors (Lipinski definition) is 2. The zero-order valence-corrected chi connectivity index (χ0v) is 14.1. The minimum absolute atomic E-state index is 0.113. The van der Waals surface area contributed by atoms with E-state index in [0.717, 1.165) is 0 Å². The molecule has 1 atom stereocenters. The summed E-state index contributed by atoms with van der Waals surface area (Å²) in [5.74, 6) is 0.0790. The summed E-state index contributed by atoms with van der Waals surface area (Å²) in [7, 11) is -2.32. The lowest BCUT2D eigenvalue weighted by molar-refractivity contribution is -0.124. The number of rotatable bonds is 6. The highest BCUT2D eigenvalue weighted by molar-refractivity contribution is 7.89. The predicted molar refractivity (Wildman–Crippen MR) is 84.7 cm³/mol. The van der Waals surface area contributed by atoms with Gasteiger partial charge in [-0.3, -0.25) is 4.79 Å². The third-order valence-corrected chi connectivity index (χ3v) is 5.95. The maximum atomic E-state index is 13.0. The van der Waals surface area contributed by atoms with E-state index in [2.05, 4.69) is 5.32 Å². The smallest absolute Gasteiger partial charge is 0.244 e. The van der Waals surface area contributed by atoms with E-state index in [1.54, 1.807) is 19.1 Å². The van der Waals surface area contributed by atoms with Crippen LogP contribution in [0.15, 0.2) is 23.1 Å². The standard InChI is InChI=1S/C15H22N2O5S/c1-11-5-6-12(22-2)10-14(11)23(20,21)17-8-3-4-13(17)15(19)16-7-9-18/h5-6,10,13,18H,3-4,7-9H2,1-2H3,(H,16,19)/t13-/m1/s1. The molecule has 0 saturated carbocycles. The summed E-state index contributed by atoms with van der Waals surface area (Å²) in [6.45, 7) is 1.95. The molecule has 1 fully saturated rings. The van der Waals surface area contributed by atoms with Crippen molar-refractivity contribution in [2.45, 2.75) is 30.7 Å². The van der Waals surface area contributed by atoms with Gasteiger partial charge in [0.2, 0.25) is 15.9 Å². The number of nitrogens with zero attached hydrogens (tertiary/aromatic N) is 1. The first kappa shape index (κ1) is 17.7. The van der Waals surface area contributed by atoms with Crippen LogP contribution in [0.25, 0.3) is 0 Å². The van der Waals surface area contributed by atoms with Crippen molar-refractivity contribution in [1.82, 2.24) is 9.62 Å². The molecule has 0 aliphatic carbocycles. The Morgan fingerprint density at radius 2 is 2.22 bits per heavy atom.